The molecule has 170 valence electrons. The second-order valence-electron chi connectivity index (χ2n) is 7.13. The van der Waals surface area contributed by atoms with Crippen LogP contribution in [0.2, 0.25) is 0 Å². The van der Waals surface area contributed by atoms with Crippen molar-refractivity contribution in [3.63, 3.8) is 0 Å². The first-order valence-corrected chi connectivity index (χ1v) is 12.1. The number of nitrogens with zero attached hydrogens (tertiary/aromatic N) is 1. The van der Waals surface area contributed by atoms with Gasteiger partial charge in [0.1, 0.15) is 0 Å². The number of unbranched alkanes of at least 4 members (excludes halogenated alkanes) is 8. The maximum Gasteiger partial charge on any atom is 0.397 e. The number of carbonyl (C=O) groups excluding carboxylic acids is 1. The Balaban J connectivity index is 0. The van der Waals surface area contributed by atoms with Gasteiger partial charge in [0.05, 0.1) is 7.11 Å². The number of amides is 1. The maximum absolute atomic E-state index is 11.9. The molecule has 0 heterocycles. The quantitative estimate of drug-likeness (QED) is 0.285. The second kappa shape index (κ2) is 19.6. The van der Waals surface area contributed by atoms with Crippen molar-refractivity contribution in [1.82, 2.24) is 10.2 Å². The molecule has 0 aliphatic rings. The average molecular weight is 425 g/mol. The largest absolute Gasteiger partial charge is 0.397 e. The molecule has 28 heavy (non-hydrogen) atoms. The highest BCUT2D eigenvalue weighted by atomic mass is 32.3. The molecule has 0 aliphatic heterocycles. The van der Waals surface area contributed by atoms with Crippen LogP contribution in [0.4, 0.5) is 0 Å². The summed E-state index contributed by atoms with van der Waals surface area (Å²) in [5.74, 6) is 0.225. The molecule has 0 saturated heterocycles. The number of rotatable bonds is 16. The van der Waals surface area contributed by atoms with Crippen molar-refractivity contribution in [2.75, 3.05) is 26.7 Å². The van der Waals surface area contributed by atoms with Crippen LogP contribution in [0, 0.1) is 0 Å². The zero-order chi connectivity index (χ0) is 21.8. The molecular formula is C20H44N2O5S. The molecule has 0 saturated carbocycles. The van der Waals surface area contributed by atoms with Crippen molar-refractivity contribution in [3.05, 3.63) is 0 Å². The minimum absolute atomic E-state index is 0.225. The molecule has 8 heteroatoms. The summed E-state index contributed by atoms with van der Waals surface area (Å²) in [7, 11) is -3.29. The van der Waals surface area contributed by atoms with Gasteiger partial charge in [-0.05, 0) is 26.4 Å². The Kier molecular flexibility index (Phi) is 20.7. The Labute approximate surface area is 173 Å². The summed E-state index contributed by atoms with van der Waals surface area (Å²) in [6.45, 7) is 11.8. The Morgan fingerprint density at radius 3 is 1.79 bits per heavy atom. The third kappa shape index (κ3) is 23.3. The topological polar surface area (TPSA) is 95.9 Å². The SMILES string of the molecule is CCCCCCCCCCCC(=O)NC(C)CN(CC)CC.COS(=O)(=O)O. The van der Waals surface area contributed by atoms with E-state index in [-0.39, 0.29) is 11.9 Å². The summed E-state index contributed by atoms with van der Waals surface area (Å²) in [4.78, 5) is 14.2. The Bertz CT molecular complexity index is 454. The smallest absolute Gasteiger partial charge is 0.352 e. The van der Waals surface area contributed by atoms with Gasteiger partial charge in [0.15, 0.2) is 0 Å². The van der Waals surface area contributed by atoms with Crippen LogP contribution in [0.1, 0.15) is 91.9 Å². The van der Waals surface area contributed by atoms with Crippen molar-refractivity contribution in [2.24, 2.45) is 0 Å². The number of hydrogen-bond donors (Lipinski definition) is 2. The molecule has 0 aliphatic carbocycles. The van der Waals surface area contributed by atoms with E-state index in [1.807, 2.05) is 0 Å². The van der Waals surface area contributed by atoms with Crippen LogP contribution in [0.25, 0.3) is 0 Å². The standard InChI is InChI=1S/C19H40N2O.CH4O4S/c1-5-8-9-10-11-12-13-14-15-16-19(22)20-18(4)17-21(6-2)7-3;1-5-6(2,3)4/h18H,5-17H2,1-4H3,(H,20,22);1H3,(H,2,3,4). The van der Waals surface area contributed by atoms with Gasteiger partial charge in [-0.3, -0.25) is 13.5 Å². The Morgan fingerprint density at radius 1 is 0.964 bits per heavy atom. The predicted molar refractivity (Wildman–Crippen MR) is 116 cm³/mol. The van der Waals surface area contributed by atoms with Crippen LogP contribution in [-0.4, -0.2) is 56.6 Å². The first-order valence-electron chi connectivity index (χ1n) is 10.7. The highest BCUT2D eigenvalue weighted by Gasteiger charge is 2.10. The average Bonchev–Trinajstić information content (AvgIpc) is 2.64. The molecule has 1 atom stereocenters. The lowest BCUT2D eigenvalue weighted by atomic mass is 10.1. The normalized spacial score (nSPS) is 12.4. The molecule has 0 fully saturated rings. The van der Waals surface area contributed by atoms with Gasteiger partial charge in [-0.25, -0.2) is 0 Å². The summed E-state index contributed by atoms with van der Waals surface area (Å²) in [5.41, 5.74) is 0. The number of likely N-dealkylation sites (N-methyl/N-ethyl adjacent to an activating group) is 1. The summed E-state index contributed by atoms with van der Waals surface area (Å²) < 4.78 is 29.7. The lowest BCUT2D eigenvalue weighted by molar-refractivity contribution is -0.121. The fraction of sp³-hybridized carbons (Fsp3) is 0.950. The molecule has 0 rings (SSSR count). The highest BCUT2D eigenvalue weighted by Crippen LogP contribution is 2.10. The van der Waals surface area contributed by atoms with E-state index in [4.69, 9.17) is 4.55 Å². The van der Waals surface area contributed by atoms with E-state index in [9.17, 15) is 13.2 Å². The molecule has 0 bridgehead atoms. The summed E-state index contributed by atoms with van der Waals surface area (Å²) in [6.07, 6.45) is 12.4. The Hall–Kier alpha value is -0.700. The van der Waals surface area contributed by atoms with Crippen LogP contribution in [0.5, 0.6) is 0 Å². The molecule has 1 unspecified atom stereocenters. The van der Waals surface area contributed by atoms with Crippen LogP contribution >= 0.6 is 0 Å². The zero-order valence-electron chi connectivity index (χ0n) is 18.7. The number of nitrogens with one attached hydrogen (secondary N) is 1. The fourth-order valence-electron chi connectivity index (χ4n) is 2.86. The fourth-order valence-corrected chi connectivity index (χ4v) is 2.86. The highest BCUT2D eigenvalue weighted by molar-refractivity contribution is 7.80. The molecule has 2 N–H and O–H groups in total. The van der Waals surface area contributed by atoms with Crippen LogP contribution < -0.4 is 5.32 Å². The van der Waals surface area contributed by atoms with Gasteiger partial charge < -0.3 is 10.2 Å². The summed E-state index contributed by atoms with van der Waals surface area (Å²) in [6, 6.07) is 0.256. The van der Waals surface area contributed by atoms with Gasteiger partial charge in [0, 0.05) is 19.0 Å². The van der Waals surface area contributed by atoms with E-state index in [1.165, 1.54) is 51.4 Å². The molecule has 0 aromatic heterocycles. The minimum atomic E-state index is -4.16. The zero-order valence-corrected chi connectivity index (χ0v) is 19.5. The molecule has 1 amide bonds. The van der Waals surface area contributed by atoms with E-state index in [1.54, 1.807) is 0 Å². The van der Waals surface area contributed by atoms with Crippen molar-refractivity contribution in [3.8, 4) is 0 Å². The molecule has 0 spiro atoms. The van der Waals surface area contributed by atoms with E-state index >= 15 is 0 Å². The van der Waals surface area contributed by atoms with Gasteiger partial charge in [-0.2, -0.15) is 8.42 Å². The van der Waals surface area contributed by atoms with E-state index < -0.39 is 10.4 Å². The second-order valence-corrected chi connectivity index (χ2v) is 8.32. The minimum Gasteiger partial charge on any atom is -0.352 e. The molecule has 0 radical (unpaired) electrons. The van der Waals surface area contributed by atoms with Gasteiger partial charge in [-0.15, -0.1) is 0 Å². The lowest BCUT2D eigenvalue weighted by Crippen LogP contribution is -2.41. The summed E-state index contributed by atoms with van der Waals surface area (Å²) >= 11 is 0. The number of carbonyl (C=O) groups is 1. The van der Waals surface area contributed by atoms with Gasteiger partial charge in [0.2, 0.25) is 5.91 Å². The molecule has 7 nitrogen and oxygen atoms in total. The van der Waals surface area contributed by atoms with Crippen molar-refractivity contribution in [1.29, 1.82) is 0 Å². The van der Waals surface area contributed by atoms with Crippen LogP contribution in [0.3, 0.4) is 0 Å². The monoisotopic (exact) mass is 424 g/mol. The third-order valence-electron chi connectivity index (χ3n) is 4.55. The first kappa shape index (κ1) is 29.5. The Morgan fingerprint density at radius 2 is 1.39 bits per heavy atom. The van der Waals surface area contributed by atoms with E-state index in [2.05, 4.69) is 42.1 Å². The van der Waals surface area contributed by atoms with Gasteiger partial charge in [-0.1, -0.05) is 72.1 Å². The molecule has 0 aromatic carbocycles. The van der Waals surface area contributed by atoms with E-state index in [0.29, 0.717) is 6.42 Å². The van der Waals surface area contributed by atoms with Crippen molar-refractivity contribution >= 4 is 16.3 Å². The first-order chi connectivity index (χ1) is 13.2. The van der Waals surface area contributed by atoms with E-state index in [0.717, 1.165) is 33.2 Å². The third-order valence-corrected chi connectivity index (χ3v) is 4.97. The van der Waals surface area contributed by atoms with Crippen molar-refractivity contribution in [2.45, 2.75) is 97.9 Å². The van der Waals surface area contributed by atoms with Crippen LogP contribution in [-0.2, 0) is 19.4 Å². The van der Waals surface area contributed by atoms with Gasteiger partial charge in [0.25, 0.3) is 0 Å². The lowest BCUT2D eigenvalue weighted by Gasteiger charge is -2.23. The van der Waals surface area contributed by atoms with Crippen LogP contribution in [0.15, 0.2) is 0 Å². The predicted octanol–water partition coefficient (Wildman–Crippen LogP) is 4.19. The van der Waals surface area contributed by atoms with Crippen molar-refractivity contribution < 1.29 is 21.9 Å². The molecular weight excluding hydrogens is 380 g/mol. The van der Waals surface area contributed by atoms with Gasteiger partial charge >= 0.3 is 10.4 Å². The maximum atomic E-state index is 11.9. The number of hydrogen-bond acceptors (Lipinski definition) is 5. The molecule has 0 aromatic rings. The summed E-state index contributed by atoms with van der Waals surface area (Å²) in [5, 5.41) is 3.12.